The summed E-state index contributed by atoms with van der Waals surface area (Å²) in [5.74, 6) is 0.941. The molecule has 0 amide bonds. The molecule has 0 aliphatic carbocycles. The molecule has 1 rings (SSSR count). The fourth-order valence-electron chi connectivity index (χ4n) is 2.83. The van der Waals surface area contributed by atoms with Gasteiger partial charge in [0.25, 0.3) is 0 Å². The first-order chi connectivity index (χ1) is 9.31. The van der Waals surface area contributed by atoms with Crippen molar-refractivity contribution in [3.05, 3.63) is 29.8 Å². The molecule has 0 saturated carbocycles. The standard InChI is InChI=1S/C16H29O2Si2/c1-13(2)20(14(3)4,18-19(6)7)12-15-9-8-10-16(11-15)17-5/h8-11,13-14H,12H2,1-7H3. The van der Waals surface area contributed by atoms with Crippen LogP contribution in [0.1, 0.15) is 33.3 Å². The topological polar surface area (TPSA) is 18.5 Å². The molecule has 4 heteroatoms. The van der Waals surface area contributed by atoms with Crippen LogP contribution in [0.5, 0.6) is 5.75 Å². The third-order valence-electron chi connectivity index (χ3n) is 3.96. The maximum Gasteiger partial charge on any atom is 0.191 e. The van der Waals surface area contributed by atoms with E-state index in [1.807, 2.05) is 6.07 Å². The predicted molar refractivity (Wildman–Crippen MR) is 91.2 cm³/mol. The number of hydrogen-bond acceptors (Lipinski definition) is 2. The SMILES string of the molecule is COc1cccc(C[Si](O[Si](C)C)(C(C)C)C(C)C)c1. The van der Waals surface area contributed by atoms with E-state index in [9.17, 15) is 0 Å². The summed E-state index contributed by atoms with van der Waals surface area (Å²) in [5.41, 5.74) is 2.59. The van der Waals surface area contributed by atoms with E-state index < -0.39 is 17.4 Å². The van der Waals surface area contributed by atoms with Gasteiger partial charge in [0.1, 0.15) is 5.75 Å². The van der Waals surface area contributed by atoms with Gasteiger partial charge in [-0.3, -0.25) is 0 Å². The number of rotatable bonds is 7. The molecule has 0 bridgehead atoms. The van der Waals surface area contributed by atoms with Crippen LogP contribution in [0.25, 0.3) is 0 Å². The van der Waals surface area contributed by atoms with Crippen molar-refractivity contribution in [1.82, 2.24) is 0 Å². The summed E-state index contributed by atoms with van der Waals surface area (Å²) < 4.78 is 12.0. The Bertz CT molecular complexity index is 409. The van der Waals surface area contributed by atoms with Gasteiger partial charge in [0.05, 0.1) is 7.11 Å². The number of methoxy groups -OCH3 is 1. The molecular formula is C16H29O2Si2. The number of benzene rings is 1. The Morgan fingerprint density at radius 1 is 1.10 bits per heavy atom. The highest BCUT2D eigenvalue weighted by molar-refractivity contribution is 6.81. The molecule has 1 aromatic carbocycles. The van der Waals surface area contributed by atoms with Gasteiger partial charge < -0.3 is 8.85 Å². The molecule has 113 valence electrons. The van der Waals surface area contributed by atoms with Crippen LogP contribution in [0.3, 0.4) is 0 Å². The Kier molecular flexibility index (Phi) is 6.49. The van der Waals surface area contributed by atoms with E-state index in [0.717, 1.165) is 11.8 Å². The Balaban J connectivity index is 3.10. The van der Waals surface area contributed by atoms with Crippen molar-refractivity contribution in [2.45, 2.75) is 57.9 Å². The van der Waals surface area contributed by atoms with Gasteiger partial charge in [0.15, 0.2) is 17.4 Å². The molecule has 1 radical (unpaired) electrons. The van der Waals surface area contributed by atoms with E-state index in [-0.39, 0.29) is 0 Å². The normalized spacial score (nSPS) is 12.5. The highest BCUT2D eigenvalue weighted by Gasteiger charge is 2.42. The van der Waals surface area contributed by atoms with Crippen LogP contribution in [0, 0.1) is 0 Å². The second-order valence-corrected chi connectivity index (χ2v) is 13.5. The van der Waals surface area contributed by atoms with E-state index in [4.69, 9.17) is 8.85 Å². The van der Waals surface area contributed by atoms with Crippen molar-refractivity contribution >= 4 is 17.4 Å². The predicted octanol–water partition coefficient (Wildman–Crippen LogP) is 4.81. The molecule has 0 fully saturated rings. The third-order valence-corrected chi connectivity index (χ3v) is 12.0. The highest BCUT2D eigenvalue weighted by atomic mass is 28.4. The van der Waals surface area contributed by atoms with E-state index >= 15 is 0 Å². The van der Waals surface area contributed by atoms with Crippen molar-refractivity contribution in [1.29, 1.82) is 0 Å². The average Bonchev–Trinajstić information content (AvgIpc) is 2.37. The van der Waals surface area contributed by atoms with Crippen molar-refractivity contribution in [3.63, 3.8) is 0 Å². The first-order valence-corrected chi connectivity index (χ1v) is 12.1. The smallest absolute Gasteiger partial charge is 0.191 e. The van der Waals surface area contributed by atoms with E-state index in [1.54, 1.807) is 7.11 Å². The Morgan fingerprint density at radius 3 is 2.15 bits per heavy atom. The van der Waals surface area contributed by atoms with E-state index in [1.165, 1.54) is 5.56 Å². The van der Waals surface area contributed by atoms with Crippen LogP contribution in [-0.2, 0) is 10.2 Å². The fourth-order valence-corrected chi connectivity index (χ4v) is 11.1. The first-order valence-electron chi connectivity index (χ1n) is 7.44. The van der Waals surface area contributed by atoms with Gasteiger partial charge in [-0.25, -0.2) is 0 Å². The molecule has 0 unspecified atom stereocenters. The lowest BCUT2D eigenvalue weighted by Crippen LogP contribution is -2.50. The van der Waals surface area contributed by atoms with Gasteiger partial charge in [-0.1, -0.05) is 39.8 Å². The van der Waals surface area contributed by atoms with E-state index in [2.05, 4.69) is 59.0 Å². The van der Waals surface area contributed by atoms with Gasteiger partial charge >= 0.3 is 0 Å². The summed E-state index contributed by atoms with van der Waals surface area (Å²) in [6, 6.07) is 9.53. The van der Waals surface area contributed by atoms with Gasteiger partial charge in [0, 0.05) is 0 Å². The monoisotopic (exact) mass is 309 g/mol. The minimum Gasteiger partial charge on any atom is -0.497 e. The lowest BCUT2D eigenvalue weighted by molar-refractivity contribution is 0.414. The van der Waals surface area contributed by atoms with Crippen LogP contribution >= 0.6 is 0 Å². The zero-order valence-electron chi connectivity index (χ0n) is 14.0. The van der Waals surface area contributed by atoms with Gasteiger partial charge in [-0.05, 0) is 47.9 Å². The summed E-state index contributed by atoms with van der Waals surface area (Å²) in [5, 5.41) is 0. The van der Waals surface area contributed by atoms with Crippen molar-refractivity contribution < 1.29 is 8.85 Å². The highest BCUT2D eigenvalue weighted by Crippen LogP contribution is 2.37. The summed E-state index contributed by atoms with van der Waals surface area (Å²) in [4.78, 5) is 0. The fraction of sp³-hybridized carbons (Fsp3) is 0.625. The molecule has 0 spiro atoms. The van der Waals surface area contributed by atoms with Crippen LogP contribution in [-0.4, -0.2) is 24.5 Å². The first kappa shape index (κ1) is 17.5. The van der Waals surface area contributed by atoms with Crippen molar-refractivity contribution in [2.24, 2.45) is 0 Å². The zero-order valence-corrected chi connectivity index (χ0v) is 16.0. The maximum absolute atomic E-state index is 6.64. The summed E-state index contributed by atoms with van der Waals surface area (Å²) in [7, 11) is -0.758. The summed E-state index contributed by atoms with van der Waals surface area (Å²) >= 11 is 0. The minimum atomic E-state index is -1.80. The third kappa shape index (κ3) is 4.20. The van der Waals surface area contributed by atoms with Crippen LogP contribution in [0.2, 0.25) is 24.2 Å². The molecular weight excluding hydrogens is 280 g/mol. The molecule has 0 aliphatic heterocycles. The quantitative estimate of drug-likeness (QED) is 0.673. The molecule has 0 aliphatic rings. The molecule has 0 heterocycles. The largest absolute Gasteiger partial charge is 0.497 e. The van der Waals surface area contributed by atoms with E-state index in [0.29, 0.717) is 11.1 Å². The minimum absolute atomic E-state index is 0.619. The van der Waals surface area contributed by atoms with Gasteiger partial charge in [-0.2, -0.15) is 0 Å². The second kappa shape index (κ2) is 7.43. The van der Waals surface area contributed by atoms with Gasteiger partial charge in [-0.15, -0.1) is 0 Å². The number of ether oxygens (including phenoxy) is 1. The lowest BCUT2D eigenvalue weighted by atomic mass is 10.2. The Labute approximate surface area is 127 Å². The second-order valence-electron chi connectivity index (χ2n) is 6.30. The van der Waals surface area contributed by atoms with Crippen molar-refractivity contribution in [3.8, 4) is 5.75 Å². The molecule has 0 saturated heterocycles. The molecule has 0 N–H and O–H groups in total. The van der Waals surface area contributed by atoms with Crippen LogP contribution in [0.15, 0.2) is 24.3 Å². The molecule has 0 atom stereocenters. The molecule has 0 aromatic heterocycles. The van der Waals surface area contributed by atoms with Gasteiger partial charge in [0.2, 0.25) is 0 Å². The maximum atomic E-state index is 6.64. The van der Waals surface area contributed by atoms with Crippen molar-refractivity contribution in [2.75, 3.05) is 7.11 Å². The Hall–Kier alpha value is -0.586. The molecule has 1 aromatic rings. The zero-order chi connectivity index (χ0) is 15.3. The summed E-state index contributed by atoms with van der Waals surface area (Å²) in [6.07, 6.45) is 0. The molecule has 20 heavy (non-hydrogen) atoms. The summed E-state index contributed by atoms with van der Waals surface area (Å²) in [6.45, 7) is 13.8. The lowest BCUT2D eigenvalue weighted by Gasteiger charge is -2.40. The number of hydrogen-bond donors (Lipinski definition) is 0. The van der Waals surface area contributed by atoms with Crippen LogP contribution in [0.4, 0.5) is 0 Å². The molecule has 2 nitrogen and oxygen atoms in total. The average molecular weight is 310 g/mol. The van der Waals surface area contributed by atoms with Crippen LogP contribution < -0.4 is 4.74 Å². The Morgan fingerprint density at radius 2 is 1.70 bits per heavy atom.